The summed E-state index contributed by atoms with van der Waals surface area (Å²) in [7, 11) is 0. The Morgan fingerprint density at radius 1 is 1.22 bits per heavy atom. The van der Waals surface area contributed by atoms with E-state index >= 15 is 0 Å². The second kappa shape index (κ2) is 10.9. The molecule has 0 spiro atoms. The molecule has 37 heavy (non-hydrogen) atoms. The Hall–Kier alpha value is -3.49. The number of alkyl halides is 4. The quantitative estimate of drug-likeness (QED) is 0.433. The minimum Gasteiger partial charge on any atom is -0.467 e. The van der Waals surface area contributed by atoms with Crippen LogP contribution in [-0.4, -0.2) is 57.7 Å². The molecule has 15 heteroatoms. The van der Waals surface area contributed by atoms with E-state index in [1.807, 2.05) is 0 Å². The second-order valence-corrected chi connectivity index (χ2v) is 9.99. The molecule has 0 unspecified atom stereocenters. The smallest absolute Gasteiger partial charge is 0.422 e. The highest BCUT2D eigenvalue weighted by Crippen LogP contribution is 2.46. The van der Waals surface area contributed by atoms with Crippen LogP contribution < -0.4 is 21.1 Å². The molecule has 2 amide bonds. The summed E-state index contributed by atoms with van der Waals surface area (Å²) in [6.07, 6.45) is -2.75. The van der Waals surface area contributed by atoms with Crippen LogP contribution in [0.1, 0.15) is 36.3 Å². The highest BCUT2D eigenvalue weighted by molar-refractivity contribution is 8.15. The molecule has 200 valence electrons. The lowest BCUT2D eigenvalue weighted by atomic mass is 9.82. The molecule has 2 atom stereocenters. The van der Waals surface area contributed by atoms with Crippen molar-refractivity contribution < 1.29 is 36.3 Å². The lowest BCUT2D eigenvalue weighted by molar-refractivity contribution is -0.154. The van der Waals surface area contributed by atoms with Gasteiger partial charge in [-0.1, -0.05) is 11.8 Å². The van der Waals surface area contributed by atoms with Gasteiger partial charge in [-0.2, -0.15) is 13.2 Å². The lowest BCUT2D eigenvalue weighted by Gasteiger charge is -2.40. The molecule has 9 nitrogen and oxygen atoms in total. The zero-order valence-electron chi connectivity index (χ0n) is 19.7. The summed E-state index contributed by atoms with van der Waals surface area (Å²) in [4.78, 5) is 37.0. The summed E-state index contributed by atoms with van der Waals surface area (Å²) < 4.78 is 67.5. The number of amides is 2. The molecule has 2 heterocycles. The second-order valence-electron chi connectivity index (χ2n) is 8.47. The number of aromatic nitrogens is 2. The maximum Gasteiger partial charge on any atom is 0.422 e. The summed E-state index contributed by atoms with van der Waals surface area (Å²) in [6, 6.07) is 3.71. The van der Waals surface area contributed by atoms with Gasteiger partial charge in [0.25, 0.3) is 5.91 Å². The van der Waals surface area contributed by atoms with Crippen molar-refractivity contribution in [1.82, 2.24) is 15.3 Å². The van der Waals surface area contributed by atoms with Gasteiger partial charge in [0.1, 0.15) is 22.9 Å². The van der Waals surface area contributed by atoms with Crippen molar-refractivity contribution in [2.24, 2.45) is 10.7 Å². The van der Waals surface area contributed by atoms with Crippen LogP contribution in [-0.2, 0) is 10.3 Å². The van der Waals surface area contributed by atoms with Crippen LogP contribution in [0.5, 0.6) is 5.88 Å². The molecule has 0 bridgehead atoms. The van der Waals surface area contributed by atoms with Gasteiger partial charge in [0.2, 0.25) is 11.8 Å². The Labute approximate surface area is 212 Å². The number of amidine groups is 1. The van der Waals surface area contributed by atoms with Crippen molar-refractivity contribution in [1.29, 1.82) is 0 Å². The van der Waals surface area contributed by atoms with Gasteiger partial charge in [0.05, 0.1) is 17.9 Å². The number of ether oxygens (including phenoxy) is 1. The molecule has 1 aliphatic heterocycles. The summed E-state index contributed by atoms with van der Waals surface area (Å²) in [6.45, 7) is 0.672. The van der Waals surface area contributed by atoms with Crippen molar-refractivity contribution in [3.8, 4) is 5.88 Å². The van der Waals surface area contributed by atoms with Gasteiger partial charge in [-0.3, -0.25) is 14.6 Å². The number of nitrogens with zero attached hydrogens (tertiary/aromatic N) is 3. The fraction of sp³-hybridized carbons (Fsp3) is 0.409. The van der Waals surface area contributed by atoms with Gasteiger partial charge in [0, 0.05) is 24.2 Å². The number of halogens is 5. The summed E-state index contributed by atoms with van der Waals surface area (Å²) in [5.41, 5.74) is 4.63. The van der Waals surface area contributed by atoms with Crippen molar-refractivity contribution in [2.45, 2.75) is 36.7 Å². The zero-order chi connectivity index (χ0) is 27.4. The first-order chi connectivity index (χ1) is 17.2. The summed E-state index contributed by atoms with van der Waals surface area (Å²) in [5.74, 6) is -2.34. The van der Waals surface area contributed by atoms with Crippen LogP contribution in [0.4, 0.5) is 27.6 Å². The van der Waals surface area contributed by atoms with E-state index in [1.54, 1.807) is 13.8 Å². The maximum absolute atomic E-state index is 14.9. The van der Waals surface area contributed by atoms with E-state index in [4.69, 9.17) is 5.73 Å². The molecule has 0 saturated heterocycles. The Kier molecular flexibility index (Phi) is 8.25. The van der Waals surface area contributed by atoms with Gasteiger partial charge < -0.3 is 21.1 Å². The van der Waals surface area contributed by atoms with Gasteiger partial charge in [-0.25, -0.2) is 18.7 Å². The number of hydrogen-bond acceptors (Lipinski definition) is 8. The Bertz CT molecular complexity index is 1200. The molecule has 1 aromatic heterocycles. The highest BCUT2D eigenvalue weighted by atomic mass is 32.2. The van der Waals surface area contributed by atoms with Crippen molar-refractivity contribution in [3.05, 3.63) is 47.7 Å². The molecule has 1 aliphatic rings. The average molecular weight is 547 g/mol. The first kappa shape index (κ1) is 28.1. The number of thioether (sulfide) groups is 1. The van der Waals surface area contributed by atoms with Crippen LogP contribution in [0.2, 0.25) is 0 Å². The molecule has 1 aromatic carbocycles. The minimum atomic E-state index is -4.56. The largest absolute Gasteiger partial charge is 0.467 e. The summed E-state index contributed by atoms with van der Waals surface area (Å²) >= 11 is 0.981. The SMILES string of the molecule is C[C@]1(C(=O)NCCF)C[C@@](C)(c2cc(NC(=O)c3cnc(OCC(F)(F)F)cn3)ccc2F)N=C(N)S1. The van der Waals surface area contributed by atoms with E-state index in [2.05, 4.69) is 30.3 Å². The monoisotopic (exact) mass is 546 g/mol. The number of benzene rings is 1. The molecule has 0 fully saturated rings. The number of hydrogen-bond donors (Lipinski definition) is 3. The third-order valence-corrected chi connectivity index (χ3v) is 6.36. The predicted octanol–water partition coefficient (Wildman–Crippen LogP) is 3.32. The number of nitrogens with two attached hydrogens (primary N) is 1. The number of aliphatic imine (C=N–C) groups is 1. The van der Waals surface area contributed by atoms with Crippen LogP contribution >= 0.6 is 11.8 Å². The third kappa shape index (κ3) is 7.05. The first-order valence-electron chi connectivity index (χ1n) is 10.8. The molecular formula is C22H23F5N6O3S. The van der Waals surface area contributed by atoms with Gasteiger partial charge in [-0.15, -0.1) is 0 Å². The first-order valence-corrected chi connectivity index (χ1v) is 11.6. The standard InChI is InChI=1S/C22H23F5N6O3S/c1-20(10-21(2,37-19(28)33-20)18(35)29-6-5-23)13-7-12(3-4-14(13)24)32-17(34)15-8-31-16(9-30-15)36-11-22(25,26)27/h3-4,7-9H,5-6,10-11H2,1-2H3,(H2,28,33)(H,29,35)(H,32,34)/t20-,21+/m0/s1. The van der Waals surface area contributed by atoms with Crippen LogP contribution in [0.3, 0.4) is 0 Å². The fourth-order valence-electron chi connectivity index (χ4n) is 3.73. The number of carbonyl (C=O) groups is 2. The molecular weight excluding hydrogens is 523 g/mol. The Morgan fingerprint density at radius 2 is 1.95 bits per heavy atom. The van der Waals surface area contributed by atoms with Crippen molar-refractivity contribution >= 4 is 34.4 Å². The summed E-state index contributed by atoms with van der Waals surface area (Å²) in [5, 5.41) is 5.01. The molecule has 3 rings (SSSR count). The Morgan fingerprint density at radius 3 is 2.57 bits per heavy atom. The number of carbonyl (C=O) groups excluding carboxylic acids is 2. The van der Waals surface area contributed by atoms with Crippen LogP contribution in [0.15, 0.2) is 35.6 Å². The molecule has 0 saturated carbocycles. The molecule has 0 radical (unpaired) electrons. The van der Waals surface area contributed by atoms with Crippen LogP contribution in [0, 0.1) is 5.82 Å². The van der Waals surface area contributed by atoms with E-state index in [9.17, 15) is 31.5 Å². The van der Waals surface area contributed by atoms with Crippen molar-refractivity contribution in [2.75, 3.05) is 25.1 Å². The molecule has 0 aliphatic carbocycles. The lowest BCUT2D eigenvalue weighted by Crippen LogP contribution is -2.50. The fourth-order valence-corrected chi connectivity index (χ4v) is 4.96. The predicted molar refractivity (Wildman–Crippen MR) is 127 cm³/mol. The van der Waals surface area contributed by atoms with E-state index < -0.39 is 53.3 Å². The van der Waals surface area contributed by atoms with Crippen molar-refractivity contribution in [3.63, 3.8) is 0 Å². The number of anilines is 1. The normalized spacial score (nSPS) is 21.6. The minimum absolute atomic E-state index is 0.0165. The number of rotatable bonds is 8. The van der Waals surface area contributed by atoms with Gasteiger partial charge in [0.15, 0.2) is 11.8 Å². The van der Waals surface area contributed by atoms with Crippen LogP contribution in [0.25, 0.3) is 0 Å². The van der Waals surface area contributed by atoms with E-state index in [1.165, 1.54) is 12.1 Å². The average Bonchev–Trinajstić information content (AvgIpc) is 2.81. The Balaban J connectivity index is 1.80. The highest BCUT2D eigenvalue weighted by Gasteiger charge is 2.47. The number of nitrogens with one attached hydrogen (secondary N) is 2. The van der Waals surface area contributed by atoms with Gasteiger partial charge >= 0.3 is 6.18 Å². The third-order valence-electron chi connectivity index (χ3n) is 5.28. The maximum atomic E-state index is 14.9. The molecule has 2 aromatic rings. The topological polar surface area (TPSA) is 132 Å². The molecule has 4 N–H and O–H groups in total. The van der Waals surface area contributed by atoms with Gasteiger partial charge in [-0.05, 0) is 32.0 Å². The van der Waals surface area contributed by atoms with E-state index in [0.717, 1.165) is 30.2 Å². The van der Waals surface area contributed by atoms with E-state index in [0.29, 0.717) is 0 Å². The van der Waals surface area contributed by atoms with E-state index in [-0.39, 0.29) is 35.1 Å². The zero-order valence-corrected chi connectivity index (χ0v) is 20.5.